The lowest BCUT2D eigenvalue weighted by atomic mass is 9.93. The lowest BCUT2D eigenvalue weighted by molar-refractivity contribution is -0.145. The van der Waals surface area contributed by atoms with Crippen LogP contribution in [-0.4, -0.2) is 35.0 Å². The van der Waals surface area contributed by atoms with Crippen molar-refractivity contribution in [3.63, 3.8) is 0 Å². The SMILES string of the molecule is CC(CC(=O)N1CC(CC(=O)O)C1)c1ccc(N)cc1. The lowest BCUT2D eigenvalue weighted by Crippen LogP contribution is -2.50. The molecule has 1 aliphatic rings. The van der Waals surface area contributed by atoms with E-state index in [-0.39, 0.29) is 24.2 Å². The molecule has 2 rings (SSSR count). The molecule has 108 valence electrons. The van der Waals surface area contributed by atoms with Crippen molar-refractivity contribution in [3.05, 3.63) is 29.8 Å². The van der Waals surface area contributed by atoms with E-state index in [2.05, 4.69) is 0 Å². The van der Waals surface area contributed by atoms with Crippen molar-refractivity contribution in [2.75, 3.05) is 18.8 Å². The number of likely N-dealkylation sites (tertiary alicyclic amines) is 1. The number of nitrogen functional groups attached to an aromatic ring is 1. The standard InChI is InChI=1S/C15H20N2O3/c1-10(12-2-4-13(16)5-3-12)6-14(18)17-8-11(9-17)7-15(19)20/h2-5,10-11H,6-9,16H2,1H3,(H,19,20). The summed E-state index contributed by atoms with van der Waals surface area (Å²) in [4.78, 5) is 24.4. The Bertz CT molecular complexity index is 492. The fourth-order valence-corrected chi connectivity index (χ4v) is 2.48. The molecule has 1 amide bonds. The Morgan fingerprint density at radius 3 is 2.50 bits per heavy atom. The fraction of sp³-hybridized carbons (Fsp3) is 0.467. The van der Waals surface area contributed by atoms with E-state index in [0.29, 0.717) is 25.2 Å². The largest absolute Gasteiger partial charge is 0.481 e. The molecule has 1 aliphatic heterocycles. The smallest absolute Gasteiger partial charge is 0.303 e. The maximum absolute atomic E-state index is 12.1. The normalized spacial score (nSPS) is 16.6. The van der Waals surface area contributed by atoms with Crippen molar-refractivity contribution in [2.45, 2.75) is 25.7 Å². The van der Waals surface area contributed by atoms with Crippen molar-refractivity contribution in [3.8, 4) is 0 Å². The van der Waals surface area contributed by atoms with Crippen LogP contribution in [0.1, 0.15) is 31.2 Å². The fourth-order valence-electron chi connectivity index (χ4n) is 2.48. The third-order valence-corrected chi connectivity index (χ3v) is 3.76. The number of carboxylic acid groups (broad SMARTS) is 1. The predicted molar refractivity (Wildman–Crippen MR) is 76.2 cm³/mol. The van der Waals surface area contributed by atoms with Gasteiger partial charge in [0.2, 0.25) is 5.91 Å². The lowest BCUT2D eigenvalue weighted by Gasteiger charge is -2.39. The van der Waals surface area contributed by atoms with Crippen LogP contribution in [0.2, 0.25) is 0 Å². The zero-order valence-corrected chi connectivity index (χ0v) is 11.6. The topological polar surface area (TPSA) is 83.6 Å². The Kier molecular flexibility index (Phi) is 4.27. The van der Waals surface area contributed by atoms with Crippen molar-refractivity contribution < 1.29 is 14.7 Å². The third-order valence-electron chi connectivity index (χ3n) is 3.76. The van der Waals surface area contributed by atoms with Gasteiger partial charge in [-0.1, -0.05) is 19.1 Å². The minimum absolute atomic E-state index is 0.0935. The van der Waals surface area contributed by atoms with Crippen LogP contribution in [0.5, 0.6) is 0 Å². The van der Waals surface area contributed by atoms with Crippen molar-refractivity contribution in [1.82, 2.24) is 4.90 Å². The molecule has 0 spiro atoms. The van der Waals surface area contributed by atoms with Crippen LogP contribution in [-0.2, 0) is 9.59 Å². The molecular formula is C15H20N2O3. The van der Waals surface area contributed by atoms with Crippen LogP contribution in [0, 0.1) is 5.92 Å². The Balaban J connectivity index is 1.80. The van der Waals surface area contributed by atoms with Crippen LogP contribution in [0.3, 0.4) is 0 Å². The highest BCUT2D eigenvalue weighted by Crippen LogP contribution is 2.25. The number of aliphatic carboxylic acids is 1. The van der Waals surface area contributed by atoms with Gasteiger partial charge >= 0.3 is 5.97 Å². The van der Waals surface area contributed by atoms with Crippen molar-refractivity contribution in [1.29, 1.82) is 0 Å². The van der Waals surface area contributed by atoms with Crippen molar-refractivity contribution in [2.24, 2.45) is 5.92 Å². The molecule has 20 heavy (non-hydrogen) atoms. The van der Waals surface area contributed by atoms with Gasteiger partial charge in [-0.15, -0.1) is 0 Å². The van der Waals surface area contributed by atoms with Gasteiger partial charge in [-0.3, -0.25) is 9.59 Å². The van der Waals surface area contributed by atoms with Gasteiger partial charge in [0.05, 0.1) is 6.42 Å². The molecule has 1 atom stereocenters. The Labute approximate surface area is 118 Å². The monoisotopic (exact) mass is 276 g/mol. The number of carbonyl (C=O) groups excluding carboxylic acids is 1. The molecule has 5 heteroatoms. The van der Waals surface area contributed by atoms with E-state index in [1.807, 2.05) is 31.2 Å². The summed E-state index contributed by atoms with van der Waals surface area (Å²) in [7, 11) is 0. The molecule has 1 fully saturated rings. The molecule has 1 heterocycles. The van der Waals surface area contributed by atoms with Gasteiger partial charge in [-0.2, -0.15) is 0 Å². The van der Waals surface area contributed by atoms with E-state index >= 15 is 0 Å². The number of rotatable bonds is 5. The highest BCUT2D eigenvalue weighted by Gasteiger charge is 2.32. The number of carbonyl (C=O) groups is 2. The van der Waals surface area contributed by atoms with E-state index < -0.39 is 5.97 Å². The number of nitrogens with two attached hydrogens (primary N) is 1. The number of hydrogen-bond acceptors (Lipinski definition) is 3. The summed E-state index contributed by atoms with van der Waals surface area (Å²) in [6.45, 7) is 3.15. The average Bonchev–Trinajstić information content (AvgIpc) is 2.33. The van der Waals surface area contributed by atoms with Crippen LogP contribution in [0.4, 0.5) is 5.69 Å². The van der Waals surface area contributed by atoms with Crippen LogP contribution < -0.4 is 5.73 Å². The summed E-state index contributed by atoms with van der Waals surface area (Å²) < 4.78 is 0. The maximum Gasteiger partial charge on any atom is 0.303 e. The Morgan fingerprint density at radius 2 is 1.95 bits per heavy atom. The van der Waals surface area contributed by atoms with E-state index in [1.54, 1.807) is 4.90 Å². The van der Waals surface area contributed by atoms with Gasteiger partial charge in [-0.05, 0) is 23.6 Å². The van der Waals surface area contributed by atoms with Gasteiger partial charge in [0.15, 0.2) is 0 Å². The van der Waals surface area contributed by atoms with E-state index in [4.69, 9.17) is 10.8 Å². The summed E-state index contributed by atoms with van der Waals surface area (Å²) >= 11 is 0. The number of hydrogen-bond donors (Lipinski definition) is 2. The highest BCUT2D eigenvalue weighted by molar-refractivity contribution is 5.78. The molecule has 0 aromatic heterocycles. The predicted octanol–water partition coefficient (Wildman–Crippen LogP) is 1.70. The second-order valence-electron chi connectivity index (χ2n) is 5.53. The molecule has 3 N–H and O–H groups in total. The zero-order valence-electron chi connectivity index (χ0n) is 11.6. The highest BCUT2D eigenvalue weighted by atomic mass is 16.4. The number of benzene rings is 1. The van der Waals surface area contributed by atoms with Gasteiger partial charge in [0, 0.05) is 31.1 Å². The number of carboxylic acids is 1. The van der Waals surface area contributed by atoms with E-state index in [9.17, 15) is 9.59 Å². The van der Waals surface area contributed by atoms with Crippen LogP contribution in [0.25, 0.3) is 0 Å². The minimum Gasteiger partial charge on any atom is -0.481 e. The first-order valence-electron chi connectivity index (χ1n) is 6.80. The quantitative estimate of drug-likeness (QED) is 0.802. The Hall–Kier alpha value is -2.04. The van der Waals surface area contributed by atoms with Gasteiger partial charge < -0.3 is 15.7 Å². The Morgan fingerprint density at radius 1 is 1.35 bits per heavy atom. The second-order valence-corrected chi connectivity index (χ2v) is 5.53. The number of nitrogens with zero attached hydrogens (tertiary/aromatic N) is 1. The molecule has 1 aromatic rings. The first-order chi connectivity index (χ1) is 9.45. The third kappa shape index (κ3) is 3.50. The molecule has 1 aromatic carbocycles. The van der Waals surface area contributed by atoms with Gasteiger partial charge in [0.1, 0.15) is 0 Å². The van der Waals surface area contributed by atoms with Crippen molar-refractivity contribution >= 4 is 17.6 Å². The molecule has 0 radical (unpaired) electrons. The molecule has 0 saturated carbocycles. The molecule has 0 aliphatic carbocycles. The summed E-state index contributed by atoms with van der Waals surface area (Å²) in [5, 5.41) is 8.68. The first-order valence-corrected chi connectivity index (χ1v) is 6.80. The summed E-state index contributed by atoms with van der Waals surface area (Å²) in [6, 6.07) is 7.55. The summed E-state index contributed by atoms with van der Waals surface area (Å²) in [6.07, 6.45) is 0.598. The maximum atomic E-state index is 12.1. The molecule has 5 nitrogen and oxygen atoms in total. The molecule has 0 bridgehead atoms. The van der Waals surface area contributed by atoms with E-state index in [1.165, 1.54) is 0 Å². The zero-order chi connectivity index (χ0) is 14.7. The number of anilines is 1. The van der Waals surface area contributed by atoms with E-state index in [0.717, 1.165) is 5.56 Å². The average molecular weight is 276 g/mol. The molecule has 1 saturated heterocycles. The summed E-state index contributed by atoms with van der Waals surface area (Å²) in [5.41, 5.74) is 7.45. The van der Waals surface area contributed by atoms with Crippen LogP contribution in [0.15, 0.2) is 24.3 Å². The number of amides is 1. The van der Waals surface area contributed by atoms with Gasteiger partial charge in [-0.25, -0.2) is 0 Å². The molecular weight excluding hydrogens is 256 g/mol. The summed E-state index contributed by atoms with van der Waals surface area (Å²) in [5.74, 6) is -0.446. The van der Waals surface area contributed by atoms with Gasteiger partial charge in [0.25, 0.3) is 0 Å². The second kappa shape index (κ2) is 5.94. The minimum atomic E-state index is -0.794. The van der Waals surface area contributed by atoms with Crippen LogP contribution >= 0.6 is 0 Å². The molecule has 1 unspecified atom stereocenters. The first kappa shape index (κ1) is 14.4.